The number of carboxylic acid groups (broad SMARTS) is 1. The standard InChI is InChI=1S/C8H6N4O2S2/c9-5-4(7(13)14)1-2-10-6(5)16-8-12-11-3-15-8/h1-3H,9H2,(H,13,14). The lowest BCUT2D eigenvalue weighted by Crippen LogP contribution is -2.04. The molecular weight excluding hydrogens is 248 g/mol. The number of nitrogens with zero attached hydrogens (tertiary/aromatic N) is 3. The van der Waals surface area contributed by atoms with Crippen LogP contribution in [0.4, 0.5) is 5.69 Å². The van der Waals surface area contributed by atoms with Gasteiger partial charge in [0.1, 0.15) is 10.5 Å². The Labute approximate surface area is 98.5 Å². The first-order valence-corrected chi connectivity index (χ1v) is 5.80. The Balaban J connectivity index is 2.35. The van der Waals surface area contributed by atoms with Gasteiger partial charge in [0.25, 0.3) is 0 Å². The summed E-state index contributed by atoms with van der Waals surface area (Å²) in [7, 11) is 0. The van der Waals surface area contributed by atoms with Crippen molar-refractivity contribution < 1.29 is 9.90 Å². The van der Waals surface area contributed by atoms with Crippen LogP contribution < -0.4 is 5.73 Å². The van der Waals surface area contributed by atoms with Crippen LogP contribution in [0.2, 0.25) is 0 Å². The molecule has 8 heteroatoms. The van der Waals surface area contributed by atoms with Crippen LogP contribution in [0, 0.1) is 0 Å². The van der Waals surface area contributed by atoms with E-state index in [4.69, 9.17) is 10.8 Å². The molecule has 0 saturated carbocycles. The maximum absolute atomic E-state index is 10.8. The minimum atomic E-state index is -1.07. The second-order valence-corrected chi connectivity index (χ2v) is 4.76. The first-order chi connectivity index (χ1) is 7.68. The van der Waals surface area contributed by atoms with E-state index in [-0.39, 0.29) is 11.3 Å². The van der Waals surface area contributed by atoms with Crippen LogP contribution in [0.15, 0.2) is 27.1 Å². The lowest BCUT2D eigenvalue weighted by molar-refractivity contribution is 0.0697. The van der Waals surface area contributed by atoms with E-state index in [2.05, 4.69) is 15.2 Å². The topological polar surface area (TPSA) is 102 Å². The van der Waals surface area contributed by atoms with Gasteiger partial charge >= 0.3 is 5.97 Å². The average molecular weight is 254 g/mol. The van der Waals surface area contributed by atoms with E-state index < -0.39 is 5.97 Å². The van der Waals surface area contributed by atoms with E-state index in [0.717, 1.165) is 0 Å². The van der Waals surface area contributed by atoms with Gasteiger partial charge in [-0.2, -0.15) is 0 Å². The highest BCUT2D eigenvalue weighted by Crippen LogP contribution is 2.32. The van der Waals surface area contributed by atoms with Crippen molar-refractivity contribution in [2.45, 2.75) is 9.37 Å². The lowest BCUT2D eigenvalue weighted by Gasteiger charge is -2.04. The number of rotatable bonds is 3. The predicted molar refractivity (Wildman–Crippen MR) is 59.6 cm³/mol. The third-order valence-electron chi connectivity index (χ3n) is 1.71. The summed E-state index contributed by atoms with van der Waals surface area (Å²) in [5.74, 6) is -1.07. The monoisotopic (exact) mass is 254 g/mol. The van der Waals surface area contributed by atoms with Gasteiger partial charge in [0, 0.05) is 6.20 Å². The first kappa shape index (κ1) is 10.8. The summed E-state index contributed by atoms with van der Waals surface area (Å²) >= 11 is 2.54. The Bertz CT molecular complexity index is 515. The van der Waals surface area contributed by atoms with Gasteiger partial charge in [-0.3, -0.25) is 0 Å². The zero-order chi connectivity index (χ0) is 11.5. The Morgan fingerprint density at radius 3 is 3.00 bits per heavy atom. The van der Waals surface area contributed by atoms with Crippen LogP contribution >= 0.6 is 23.1 Å². The van der Waals surface area contributed by atoms with Gasteiger partial charge in [-0.15, -0.1) is 10.2 Å². The number of aromatic nitrogens is 3. The van der Waals surface area contributed by atoms with E-state index >= 15 is 0 Å². The van der Waals surface area contributed by atoms with Crippen LogP contribution in [0.25, 0.3) is 0 Å². The number of aromatic carboxylic acids is 1. The molecule has 0 aliphatic carbocycles. The minimum absolute atomic E-state index is 0.0435. The minimum Gasteiger partial charge on any atom is -0.478 e. The molecule has 82 valence electrons. The summed E-state index contributed by atoms with van der Waals surface area (Å²) in [5, 5.41) is 16.8. The molecule has 0 unspecified atom stereocenters. The van der Waals surface area contributed by atoms with E-state index in [0.29, 0.717) is 9.37 Å². The van der Waals surface area contributed by atoms with Crippen molar-refractivity contribution in [3.63, 3.8) is 0 Å². The van der Waals surface area contributed by atoms with Crippen molar-refractivity contribution in [3.05, 3.63) is 23.3 Å². The molecule has 2 heterocycles. The average Bonchev–Trinajstić information content (AvgIpc) is 2.73. The molecule has 2 aromatic rings. The summed E-state index contributed by atoms with van der Waals surface area (Å²) in [5.41, 5.74) is 7.47. The molecule has 2 rings (SSSR count). The molecule has 0 atom stereocenters. The highest BCUT2D eigenvalue weighted by atomic mass is 32.2. The maximum Gasteiger partial charge on any atom is 0.337 e. The molecule has 0 spiro atoms. The van der Waals surface area contributed by atoms with E-state index in [1.54, 1.807) is 5.51 Å². The third-order valence-corrected chi connectivity index (χ3v) is 3.50. The van der Waals surface area contributed by atoms with Gasteiger partial charge in [0.05, 0.1) is 11.3 Å². The molecule has 0 saturated heterocycles. The normalized spacial score (nSPS) is 10.2. The van der Waals surface area contributed by atoms with Gasteiger partial charge < -0.3 is 10.8 Å². The van der Waals surface area contributed by atoms with Crippen LogP contribution in [0.1, 0.15) is 10.4 Å². The smallest absolute Gasteiger partial charge is 0.337 e. The van der Waals surface area contributed by atoms with E-state index in [1.807, 2.05) is 0 Å². The largest absolute Gasteiger partial charge is 0.478 e. The highest BCUT2D eigenvalue weighted by Gasteiger charge is 2.14. The maximum atomic E-state index is 10.8. The summed E-state index contributed by atoms with van der Waals surface area (Å²) in [6, 6.07) is 1.36. The van der Waals surface area contributed by atoms with Gasteiger partial charge in [-0.1, -0.05) is 11.3 Å². The molecule has 0 aliphatic heterocycles. The number of carbonyl (C=O) groups is 1. The van der Waals surface area contributed by atoms with Crippen LogP contribution in [-0.4, -0.2) is 26.3 Å². The number of nitrogens with two attached hydrogens (primary N) is 1. The number of pyridine rings is 1. The summed E-state index contributed by atoms with van der Waals surface area (Å²) < 4.78 is 0.668. The van der Waals surface area contributed by atoms with Crippen molar-refractivity contribution in [1.29, 1.82) is 0 Å². The molecule has 3 N–H and O–H groups in total. The second kappa shape index (κ2) is 4.45. The third kappa shape index (κ3) is 2.12. The van der Waals surface area contributed by atoms with Gasteiger partial charge in [-0.05, 0) is 17.8 Å². The Kier molecular flexibility index (Phi) is 3.02. The number of hydrogen-bond acceptors (Lipinski definition) is 7. The molecular formula is C8H6N4O2S2. The SMILES string of the molecule is Nc1c(C(=O)O)ccnc1Sc1nncs1. The predicted octanol–water partition coefficient (Wildman–Crippen LogP) is 1.36. The van der Waals surface area contributed by atoms with Crippen LogP contribution in [-0.2, 0) is 0 Å². The zero-order valence-electron chi connectivity index (χ0n) is 7.82. The van der Waals surface area contributed by atoms with Crippen LogP contribution in [0.5, 0.6) is 0 Å². The molecule has 6 nitrogen and oxygen atoms in total. The Hall–Kier alpha value is -1.67. The lowest BCUT2D eigenvalue weighted by atomic mass is 10.2. The van der Waals surface area contributed by atoms with E-state index in [9.17, 15) is 4.79 Å². The second-order valence-electron chi connectivity index (χ2n) is 2.69. The Morgan fingerprint density at radius 1 is 1.56 bits per heavy atom. The van der Waals surface area contributed by atoms with Gasteiger partial charge in [-0.25, -0.2) is 9.78 Å². The molecule has 2 aromatic heterocycles. The van der Waals surface area contributed by atoms with Gasteiger partial charge in [0.2, 0.25) is 0 Å². The van der Waals surface area contributed by atoms with Crippen molar-refractivity contribution in [2.24, 2.45) is 0 Å². The fraction of sp³-hybridized carbons (Fsp3) is 0. The molecule has 0 bridgehead atoms. The zero-order valence-corrected chi connectivity index (χ0v) is 9.46. The Morgan fingerprint density at radius 2 is 2.38 bits per heavy atom. The fourth-order valence-electron chi connectivity index (χ4n) is 1.01. The van der Waals surface area contributed by atoms with Gasteiger partial charge in [0.15, 0.2) is 4.34 Å². The summed E-state index contributed by atoms with van der Waals surface area (Å²) in [4.78, 5) is 14.8. The van der Waals surface area contributed by atoms with Crippen molar-refractivity contribution in [2.75, 3.05) is 5.73 Å². The molecule has 0 aromatic carbocycles. The molecule has 0 aliphatic rings. The molecule has 0 amide bonds. The number of anilines is 1. The molecule has 16 heavy (non-hydrogen) atoms. The van der Waals surface area contributed by atoms with Crippen molar-refractivity contribution >= 4 is 34.8 Å². The summed E-state index contributed by atoms with van der Waals surface area (Å²) in [6.45, 7) is 0. The number of hydrogen-bond donors (Lipinski definition) is 2. The fourth-order valence-corrected chi connectivity index (χ4v) is 2.44. The van der Waals surface area contributed by atoms with Crippen molar-refractivity contribution in [1.82, 2.24) is 15.2 Å². The number of carboxylic acids is 1. The summed E-state index contributed by atoms with van der Waals surface area (Å²) in [6.07, 6.45) is 1.41. The molecule has 0 fully saturated rings. The molecule has 0 radical (unpaired) electrons. The first-order valence-electron chi connectivity index (χ1n) is 4.10. The van der Waals surface area contributed by atoms with Crippen LogP contribution in [0.3, 0.4) is 0 Å². The van der Waals surface area contributed by atoms with Crippen molar-refractivity contribution in [3.8, 4) is 0 Å². The van der Waals surface area contributed by atoms with E-state index in [1.165, 1.54) is 35.4 Å². The number of nitrogen functional groups attached to an aromatic ring is 1. The highest BCUT2D eigenvalue weighted by molar-refractivity contribution is 8.01. The quantitative estimate of drug-likeness (QED) is 0.852.